The number of nitrogens with two attached hydrogens (primary N) is 1. The second-order valence-electron chi connectivity index (χ2n) is 5.40. The van der Waals surface area contributed by atoms with Crippen molar-refractivity contribution in [2.75, 3.05) is 26.2 Å². The number of hydrogen-bond donors (Lipinski definition) is 1. The van der Waals surface area contributed by atoms with E-state index in [0.29, 0.717) is 6.54 Å². The van der Waals surface area contributed by atoms with Crippen molar-refractivity contribution < 1.29 is 4.74 Å². The van der Waals surface area contributed by atoms with Crippen LogP contribution in [0.2, 0.25) is 0 Å². The number of rotatable bonds is 9. The third-order valence-electron chi connectivity index (χ3n) is 3.61. The zero-order chi connectivity index (χ0) is 13.5. The lowest BCUT2D eigenvalue weighted by Crippen LogP contribution is -2.31. The van der Waals surface area contributed by atoms with Crippen molar-refractivity contribution in [3.63, 3.8) is 0 Å². The summed E-state index contributed by atoms with van der Waals surface area (Å²) in [5.74, 6) is 1.88. The lowest BCUT2D eigenvalue weighted by atomic mass is 10.2. The number of ether oxygens (including phenoxy) is 1. The van der Waals surface area contributed by atoms with Crippen LogP contribution in [-0.4, -0.2) is 31.1 Å². The summed E-state index contributed by atoms with van der Waals surface area (Å²) < 4.78 is 5.89. The van der Waals surface area contributed by atoms with Gasteiger partial charge in [0.25, 0.3) is 0 Å². The van der Waals surface area contributed by atoms with E-state index < -0.39 is 0 Å². The highest BCUT2D eigenvalue weighted by Crippen LogP contribution is 2.29. The third kappa shape index (κ3) is 4.84. The quantitative estimate of drug-likeness (QED) is 0.743. The molecule has 2 rings (SSSR count). The van der Waals surface area contributed by atoms with Crippen LogP contribution in [0.4, 0.5) is 0 Å². The van der Waals surface area contributed by atoms with Crippen LogP contribution in [-0.2, 0) is 6.54 Å². The van der Waals surface area contributed by atoms with Crippen molar-refractivity contribution in [3.05, 3.63) is 29.8 Å². The molecule has 1 aliphatic carbocycles. The fourth-order valence-corrected chi connectivity index (χ4v) is 2.37. The first-order valence-electron chi connectivity index (χ1n) is 7.46. The molecule has 0 amide bonds. The van der Waals surface area contributed by atoms with E-state index in [-0.39, 0.29) is 0 Å². The van der Waals surface area contributed by atoms with E-state index >= 15 is 0 Å². The van der Waals surface area contributed by atoms with Crippen LogP contribution in [0.3, 0.4) is 0 Å². The summed E-state index contributed by atoms with van der Waals surface area (Å²) in [5, 5.41) is 0. The summed E-state index contributed by atoms with van der Waals surface area (Å²) in [6, 6.07) is 8.05. The maximum atomic E-state index is 5.89. The largest absolute Gasteiger partial charge is 0.492 e. The average Bonchev–Trinajstić information content (AvgIpc) is 3.23. The maximum Gasteiger partial charge on any atom is 0.123 e. The van der Waals surface area contributed by atoms with Crippen molar-refractivity contribution >= 4 is 0 Å². The van der Waals surface area contributed by atoms with Gasteiger partial charge in [-0.3, -0.25) is 4.90 Å². The lowest BCUT2D eigenvalue weighted by Gasteiger charge is -2.21. The van der Waals surface area contributed by atoms with E-state index in [4.69, 9.17) is 10.5 Å². The molecule has 2 N–H and O–H groups in total. The Bertz CT molecular complexity index is 377. The standard InChI is InChI=1S/C16H26N2O/c1-2-9-18(13-14-7-8-14)10-11-19-16-6-4-3-5-15(16)12-17/h3-6,14H,2,7-13,17H2,1H3. The van der Waals surface area contributed by atoms with Crippen LogP contribution in [0.25, 0.3) is 0 Å². The summed E-state index contributed by atoms with van der Waals surface area (Å²) >= 11 is 0. The fraction of sp³-hybridized carbons (Fsp3) is 0.625. The van der Waals surface area contributed by atoms with Crippen molar-refractivity contribution in [1.82, 2.24) is 4.90 Å². The third-order valence-corrected chi connectivity index (χ3v) is 3.61. The van der Waals surface area contributed by atoms with Crippen LogP contribution < -0.4 is 10.5 Å². The number of benzene rings is 1. The second kappa shape index (κ2) is 7.51. The summed E-state index contributed by atoms with van der Waals surface area (Å²) in [7, 11) is 0. The molecule has 1 aromatic carbocycles. The predicted octanol–water partition coefficient (Wildman–Crippen LogP) is 2.65. The summed E-state index contributed by atoms with van der Waals surface area (Å²) in [5.41, 5.74) is 6.80. The number of para-hydroxylation sites is 1. The highest BCUT2D eigenvalue weighted by molar-refractivity contribution is 5.32. The van der Waals surface area contributed by atoms with Gasteiger partial charge in [0, 0.05) is 25.2 Å². The van der Waals surface area contributed by atoms with Crippen LogP contribution >= 0.6 is 0 Å². The monoisotopic (exact) mass is 262 g/mol. The summed E-state index contributed by atoms with van der Waals surface area (Å²) in [4.78, 5) is 2.53. The second-order valence-corrected chi connectivity index (χ2v) is 5.40. The van der Waals surface area contributed by atoms with Gasteiger partial charge in [-0.1, -0.05) is 25.1 Å². The van der Waals surface area contributed by atoms with Crippen molar-refractivity contribution in [1.29, 1.82) is 0 Å². The van der Waals surface area contributed by atoms with Crippen LogP contribution in [0.15, 0.2) is 24.3 Å². The minimum Gasteiger partial charge on any atom is -0.492 e. The normalized spacial score (nSPS) is 14.9. The van der Waals surface area contributed by atoms with Gasteiger partial charge in [0.05, 0.1) is 0 Å². The molecule has 1 aromatic rings. The van der Waals surface area contributed by atoms with Gasteiger partial charge >= 0.3 is 0 Å². The Hall–Kier alpha value is -1.06. The van der Waals surface area contributed by atoms with Crippen LogP contribution in [0.5, 0.6) is 5.75 Å². The van der Waals surface area contributed by atoms with Gasteiger partial charge in [-0.25, -0.2) is 0 Å². The Morgan fingerprint density at radius 1 is 1.26 bits per heavy atom. The molecule has 3 nitrogen and oxygen atoms in total. The van der Waals surface area contributed by atoms with Gasteiger partial charge in [0.2, 0.25) is 0 Å². The molecule has 0 atom stereocenters. The zero-order valence-electron chi connectivity index (χ0n) is 12.0. The molecule has 0 heterocycles. The van der Waals surface area contributed by atoms with E-state index in [9.17, 15) is 0 Å². The highest BCUT2D eigenvalue weighted by Gasteiger charge is 2.23. The van der Waals surface area contributed by atoms with Crippen molar-refractivity contribution in [3.8, 4) is 5.75 Å². The van der Waals surface area contributed by atoms with Gasteiger partial charge in [0.15, 0.2) is 0 Å². The first-order chi connectivity index (χ1) is 9.33. The molecule has 106 valence electrons. The predicted molar refractivity (Wildman–Crippen MR) is 79.3 cm³/mol. The summed E-state index contributed by atoms with van der Waals surface area (Å²) in [6.45, 7) is 6.97. The van der Waals surface area contributed by atoms with Gasteiger partial charge in [-0.05, 0) is 37.8 Å². The Morgan fingerprint density at radius 2 is 2.05 bits per heavy atom. The summed E-state index contributed by atoms with van der Waals surface area (Å²) in [6.07, 6.45) is 4.04. The molecule has 0 radical (unpaired) electrons. The molecule has 0 spiro atoms. The minimum atomic E-state index is 0.539. The minimum absolute atomic E-state index is 0.539. The van der Waals surface area contributed by atoms with Gasteiger partial charge in [0.1, 0.15) is 12.4 Å². The molecular weight excluding hydrogens is 236 g/mol. The zero-order valence-corrected chi connectivity index (χ0v) is 12.0. The molecule has 0 aromatic heterocycles. The topological polar surface area (TPSA) is 38.5 Å². The maximum absolute atomic E-state index is 5.89. The molecule has 1 fully saturated rings. The van der Waals surface area contributed by atoms with E-state index in [2.05, 4.69) is 11.8 Å². The van der Waals surface area contributed by atoms with Gasteiger partial charge < -0.3 is 10.5 Å². The molecule has 0 bridgehead atoms. The van der Waals surface area contributed by atoms with Crippen LogP contribution in [0.1, 0.15) is 31.7 Å². The molecular formula is C16H26N2O. The Kier molecular flexibility index (Phi) is 5.67. The Balaban J connectivity index is 1.76. The van der Waals surface area contributed by atoms with Gasteiger partial charge in [-0.15, -0.1) is 0 Å². The smallest absolute Gasteiger partial charge is 0.123 e. The van der Waals surface area contributed by atoms with E-state index in [0.717, 1.165) is 30.4 Å². The van der Waals surface area contributed by atoms with E-state index in [1.165, 1.54) is 32.4 Å². The molecule has 19 heavy (non-hydrogen) atoms. The highest BCUT2D eigenvalue weighted by atomic mass is 16.5. The SMILES string of the molecule is CCCN(CCOc1ccccc1CN)CC1CC1. The molecule has 1 saturated carbocycles. The molecule has 0 saturated heterocycles. The van der Waals surface area contributed by atoms with E-state index in [1.54, 1.807) is 0 Å². The van der Waals surface area contributed by atoms with Gasteiger partial charge in [-0.2, -0.15) is 0 Å². The van der Waals surface area contributed by atoms with Crippen molar-refractivity contribution in [2.24, 2.45) is 11.7 Å². The Morgan fingerprint density at radius 3 is 2.74 bits per heavy atom. The van der Waals surface area contributed by atoms with Crippen molar-refractivity contribution in [2.45, 2.75) is 32.7 Å². The Labute approximate surface area is 116 Å². The van der Waals surface area contributed by atoms with Crippen LogP contribution in [0, 0.1) is 5.92 Å². The number of nitrogens with zero attached hydrogens (tertiary/aromatic N) is 1. The van der Waals surface area contributed by atoms with E-state index in [1.807, 2.05) is 24.3 Å². The fourth-order valence-electron chi connectivity index (χ4n) is 2.37. The average molecular weight is 262 g/mol. The first kappa shape index (κ1) is 14.4. The first-order valence-corrected chi connectivity index (χ1v) is 7.46. The molecule has 3 heteroatoms. The molecule has 0 aliphatic heterocycles. The molecule has 0 unspecified atom stereocenters. The molecule has 1 aliphatic rings. The number of hydrogen-bond acceptors (Lipinski definition) is 3. The lowest BCUT2D eigenvalue weighted by molar-refractivity contribution is 0.202.